The van der Waals surface area contributed by atoms with Crippen molar-refractivity contribution < 1.29 is 14.0 Å². The maximum Gasteiger partial charge on any atom is 0.233 e. The maximum absolute atomic E-state index is 13.2. The summed E-state index contributed by atoms with van der Waals surface area (Å²) in [4.78, 5) is 24.4. The molecule has 20 heavy (non-hydrogen) atoms. The molecule has 0 aromatic heterocycles. The van der Waals surface area contributed by atoms with Crippen molar-refractivity contribution in [3.05, 3.63) is 34.6 Å². The molecule has 7 heteroatoms. The fourth-order valence-electron chi connectivity index (χ4n) is 1.99. The lowest BCUT2D eigenvalue weighted by molar-refractivity contribution is -0.128. The summed E-state index contributed by atoms with van der Waals surface area (Å²) in [7, 11) is 0. The van der Waals surface area contributed by atoms with E-state index in [1.807, 2.05) is 0 Å². The van der Waals surface area contributed by atoms with Crippen LogP contribution < -0.4 is 5.32 Å². The molecule has 4 nitrogen and oxygen atoms in total. The molecular weight excluding hydrogens is 303 g/mol. The standard InChI is InChI=1S/C13H14ClFN2O2S/c1-8(18)16-4-5-17-12(19)7-20-13(17)9-2-3-11(15)10(14)6-9/h2-3,6,13H,4-5,7H2,1H3,(H,16,18). The quantitative estimate of drug-likeness (QED) is 0.926. The Morgan fingerprint density at radius 1 is 1.60 bits per heavy atom. The molecule has 1 heterocycles. The van der Waals surface area contributed by atoms with Crippen molar-refractivity contribution in [1.29, 1.82) is 0 Å². The van der Waals surface area contributed by atoms with Gasteiger partial charge in [-0.1, -0.05) is 17.7 Å². The fourth-order valence-corrected chi connectivity index (χ4v) is 3.39. The Balaban J connectivity index is 2.10. The molecule has 1 aromatic carbocycles. The number of halogens is 2. The number of carbonyl (C=O) groups is 2. The number of hydrogen-bond donors (Lipinski definition) is 1. The lowest BCUT2D eigenvalue weighted by Crippen LogP contribution is -2.36. The Morgan fingerprint density at radius 2 is 2.35 bits per heavy atom. The van der Waals surface area contributed by atoms with Gasteiger partial charge >= 0.3 is 0 Å². The summed E-state index contributed by atoms with van der Waals surface area (Å²) < 4.78 is 13.2. The van der Waals surface area contributed by atoms with Crippen LogP contribution in [-0.2, 0) is 9.59 Å². The van der Waals surface area contributed by atoms with Gasteiger partial charge in [0.05, 0.1) is 10.8 Å². The van der Waals surface area contributed by atoms with Crippen molar-refractivity contribution in [1.82, 2.24) is 10.2 Å². The predicted octanol–water partition coefficient (Wildman–Crippen LogP) is 2.19. The molecule has 2 amide bonds. The van der Waals surface area contributed by atoms with Gasteiger partial charge in [-0.3, -0.25) is 9.59 Å². The van der Waals surface area contributed by atoms with E-state index in [9.17, 15) is 14.0 Å². The van der Waals surface area contributed by atoms with Gasteiger partial charge in [0.25, 0.3) is 0 Å². The van der Waals surface area contributed by atoms with Crippen LogP contribution in [0, 0.1) is 5.82 Å². The van der Waals surface area contributed by atoms with Crippen LogP contribution in [0.2, 0.25) is 5.02 Å². The summed E-state index contributed by atoms with van der Waals surface area (Å²) in [6.07, 6.45) is 0. The van der Waals surface area contributed by atoms with Crippen molar-refractivity contribution >= 4 is 35.2 Å². The van der Waals surface area contributed by atoms with Gasteiger partial charge in [-0.2, -0.15) is 0 Å². The normalized spacial score (nSPS) is 18.4. The lowest BCUT2D eigenvalue weighted by atomic mass is 10.2. The second kappa shape index (κ2) is 6.45. The number of rotatable bonds is 4. The second-order valence-corrected chi connectivity index (χ2v) is 5.88. The molecule has 1 N–H and O–H groups in total. The van der Waals surface area contributed by atoms with Gasteiger partial charge in [0.1, 0.15) is 11.2 Å². The van der Waals surface area contributed by atoms with Crippen LogP contribution in [0.25, 0.3) is 0 Å². The molecule has 0 saturated carbocycles. The number of benzene rings is 1. The third kappa shape index (κ3) is 3.43. The average Bonchev–Trinajstić information content (AvgIpc) is 2.74. The first-order valence-corrected chi connectivity index (χ1v) is 7.52. The molecule has 1 aliphatic rings. The van der Waals surface area contributed by atoms with Crippen LogP contribution in [-0.4, -0.2) is 35.6 Å². The Bertz CT molecular complexity index is 541. The van der Waals surface area contributed by atoms with E-state index >= 15 is 0 Å². The fraction of sp³-hybridized carbons (Fsp3) is 0.385. The SMILES string of the molecule is CC(=O)NCCN1C(=O)CSC1c1ccc(F)c(Cl)c1. The summed E-state index contributed by atoms with van der Waals surface area (Å²) in [6.45, 7) is 2.25. The van der Waals surface area contributed by atoms with Gasteiger partial charge in [0.15, 0.2) is 0 Å². The summed E-state index contributed by atoms with van der Waals surface area (Å²) in [6, 6.07) is 4.47. The minimum atomic E-state index is -0.477. The highest BCUT2D eigenvalue weighted by Gasteiger charge is 2.32. The average molecular weight is 317 g/mol. The molecule has 1 aromatic rings. The zero-order valence-electron chi connectivity index (χ0n) is 10.9. The van der Waals surface area contributed by atoms with Crippen LogP contribution in [0.15, 0.2) is 18.2 Å². The second-order valence-electron chi connectivity index (χ2n) is 4.41. The van der Waals surface area contributed by atoms with Crippen molar-refractivity contribution in [2.75, 3.05) is 18.8 Å². The lowest BCUT2D eigenvalue weighted by Gasteiger charge is -2.24. The molecule has 0 bridgehead atoms. The smallest absolute Gasteiger partial charge is 0.233 e. The molecule has 0 aliphatic carbocycles. The van der Waals surface area contributed by atoms with Crippen molar-refractivity contribution in [2.24, 2.45) is 0 Å². The van der Waals surface area contributed by atoms with Gasteiger partial charge in [-0.25, -0.2) is 4.39 Å². The molecule has 2 rings (SSSR count). The molecule has 108 valence electrons. The van der Waals surface area contributed by atoms with Crippen molar-refractivity contribution in [2.45, 2.75) is 12.3 Å². The first-order valence-electron chi connectivity index (χ1n) is 6.09. The highest BCUT2D eigenvalue weighted by Crippen LogP contribution is 2.39. The number of nitrogens with one attached hydrogen (secondary N) is 1. The summed E-state index contributed by atoms with van der Waals surface area (Å²) in [5.74, 6) is -0.231. The third-order valence-electron chi connectivity index (χ3n) is 2.92. The number of carbonyl (C=O) groups excluding carboxylic acids is 2. The molecule has 1 fully saturated rings. The van der Waals surface area contributed by atoms with E-state index in [1.165, 1.54) is 24.8 Å². The van der Waals surface area contributed by atoms with Crippen LogP contribution in [0.1, 0.15) is 17.9 Å². The Hall–Kier alpha value is -1.27. The van der Waals surface area contributed by atoms with Crippen LogP contribution in [0.4, 0.5) is 4.39 Å². The molecule has 1 unspecified atom stereocenters. The maximum atomic E-state index is 13.2. The summed E-state index contributed by atoms with van der Waals surface area (Å²) in [5.41, 5.74) is 0.787. The predicted molar refractivity (Wildman–Crippen MR) is 77.0 cm³/mol. The molecular formula is C13H14ClFN2O2S. The van der Waals surface area contributed by atoms with Crippen molar-refractivity contribution in [3.63, 3.8) is 0 Å². The number of hydrogen-bond acceptors (Lipinski definition) is 3. The monoisotopic (exact) mass is 316 g/mol. The molecule has 0 radical (unpaired) electrons. The Labute approximate surface area is 125 Å². The van der Waals surface area contributed by atoms with E-state index in [1.54, 1.807) is 17.0 Å². The minimum absolute atomic E-state index is 0.00537. The first-order chi connectivity index (χ1) is 9.49. The van der Waals surface area contributed by atoms with E-state index < -0.39 is 5.82 Å². The highest BCUT2D eigenvalue weighted by molar-refractivity contribution is 8.00. The van der Waals surface area contributed by atoms with Crippen molar-refractivity contribution in [3.8, 4) is 0 Å². The largest absolute Gasteiger partial charge is 0.355 e. The highest BCUT2D eigenvalue weighted by atomic mass is 35.5. The van der Waals surface area contributed by atoms with E-state index in [0.717, 1.165) is 5.56 Å². The zero-order valence-corrected chi connectivity index (χ0v) is 12.4. The molecule has 0 spiro atoms. The van der Waals surface area contributed by atoms with Crippen LogP contribution in [0.3, 0.4) is 0 Å². The minimum Gasteiger partial charge on any atom is -0.355 e. The van der Waals surface area contributed by atoms with E-state index in [0.29, 0.717) is 18.8 Å². The van der Waals surface area contributed by atoms with E-state index in [-0.39, 0.29) is 22.2 Å². The van der Waals surface area contributed by atoms with Gasteiger partial charge in [-0.15, -0.1) is 11.8 Å². The number of thioether (sulfide) groups is 1. The third-order valence-corrected chi connectivity index (χ3v) is 4.47. The molecule has 1 saturated heterocycles. The number of nitrogens with zero attached hydrogens (tertiary/aromatic N) is 1. The first kappa shape index (κ1) is 15.1. The zero-order chi connectivity index (χ0) is 14.7. The Kier molecular flexibility index (Phi) is 4.88. The summed E-state index contributed by atoms with van der Waals surface area (Å²) in [5, 5.41) is 2.52. The van der Waals surface area contributed by atoms with Gasteiger partial charge in [-0.05, 0) is 17.7 Å². The van der Waals surface area contributed by atoms with Gasteiger partial charge in [0.2, 0.25) is 11.8 Å². The summed E-state index contributed by atoms with van der Waals surface area (Å²) >= 11 is 7.25. The van der Waals surface area contributed by atoms with Crippen LogP contribution >= 0.6 is 23.4 Å². The Morgan fingerprint density at radius 3 is 3.00 bits per heavy atom. The molecule has 1 aliphatic heterocycles. The van der Waals surface area contributed by atoms with Gasteiger partial charge in [0, 0.05) is 20.0 Å². The molecule has 1 atom stereocenters. The van der Waals surface area contributed by atoms with Gasteiger partial charge < -0.3 is 10.2 Å². The van der Waals surface area contributed by atoms with E-state index in [4.69, 9.17) is 11.6 Å². The van der Waals surface area contributed by atoms with E-state index in [2.05, 4.69) is 5.32 Å². The topological polar surface area (TPSA) is 49.4 Å². The number of amides is 2. The van der Waals surface area contributed by atoms with Crippen LogP contribution in [0.5, 0.6) is 0 Å².